The molecule has 0 aromatic rings. The van der Waals surface area contributed by atoms with Crippen molar-refractivity contribution in [1.82, 2.24) is 0 Å². The molecular formula is C21H32O15. The molecule has 0 aliphatic rings. The molecule has 15 heteroatoms. The summed E-state index contributed by atoms with van der Waals surface area (Å²) in [7, 11) is 3.22. The SMILES string of the molecule is CCCCCC(=O)C(C(=O)O)C(O)(CC(=O)O)C(=O)O.COC(=O)CC(O)(CC(=O)OC)C(=O)OC. The molecule has 15 nitrogen and oxygen atoms in total. The second-order valence-electron chi connectivity index (χ2n) is 7.52. The summed E-state index contributed by atoms with van der Waals surface area (Å²) >= 11 is 0. The number of aliphatic carboxylic acids is 3. The number of carbonyl (C=O) groups is 7. The van der Waals surface area contributed by atoms with Crippen LogP contribution in [0.2, 0.25) is 0 Å². The van der Waals surface area contributed by atoms with Gasteiger partial charge < -0.3 is 39.7 Å². The number of hydrogen-bond acceptors (Lipinski definition) is 12. The van der Waals surface area contributed by atoms with Gasteiger partial charge in [-0.15, -0.1) is 0 Å². The van der Waals surface area contributed by atoms with E-state index in [4.69, 9.17) is 15.3 Å². The smallest absolute Gasteiger partial charge is 0.339 e. The van der Waals surface area contributed by atoms with Gasteiger partial charge in [-0.2, -0.15) is 0 Å². The number of carbonyl (C=O) groups excluding carboxylic acids is 4. The lowest BCUT2D eigenvalue weighted by Gasteiger charge is -2.27. The van der Waals surface area contributed by atoms with Crippen LogP contribution in [0.1, 0.15) is 51.9 Å². The van der Waals surface area contributed by atoms with Crippen LogP contribution in [0, 0.1) is 5.92 Å². The Balaban J connectivity index is 0. The number of methoxy groups -OCH3 is 3. The van der Waals surface area contributed by atoms with Crippen molar-refractivity contribution in [2.75, 3.05) is 21.3 Å². The van der Waals surface area contributed by atoms with E-state index in [0.29, 0.717) is 12.8 Å². The number of hydrogen-bond donors (Lipinski definition) is 5. The summed E-state index contributed by atoms with van der Waals surface area (Å²) in [6.45, 7) is 1.86. The zero-order valence-electron chi connectivity index (χ0n) is 20.3. The maximum atomic E-state index is 11.8. The molecule has 36 heavy (non-hydrogen) atoms. The van der Waals surface area contributed by atoms with Crippen LogP contribution in [0.5, 0.6) is 0 Å². The predicted molar refractivity (Wildman–Crippen MR) is 115 cm³/mol. The second kappa shape index (κ2) is 16.1. The van der Waals surface area contributed by atoms with Crippen molar-refractivity contribution in [1.29, 1.82) is 0 Å². The Hall–Kier alpha value is -3.59. The average molecular weight is 524 g/mol. The highest BCUT2D eigenvalue weighted by Gasteiger charge is 2.53. The van der Waals surface area contributed by atoms with Gasteiger partial charge in [0.05, 0.1) is 40.6 Å². The molecule has 0 spiro atoms. The molecule has 5 N–H and O–H groups in total. The number of carboxylic acids is 3. The first-order chi connectivity index (χ1) is 16.6. The first-order valence-corrected chi connectivity index (χ1v) is 10.4. The maximum Gasteiger partial charge on any atom is 0.339 e. The third kappa shape index (κ3) is 11.2. The summed E-state index contributed by atoms with van der Waals surface area (Å²) in [5.74, 6) is -11.7. The molecule has 0 heterocycles. The fourth-order valence-corrected chi connectivity index (χ4v) is 2.85. The third-order valence-corrected chi connectivity index (χ3v) is 4.76. The van der Waals surface area contributed by atoms with E-state index >= 15 is 0 Å². The van der Waals surface area contributed by atoms with E-state index in [1.54, 1.807) is 0 Å². The standard InChI is InChI=1S/C12H18O8.C9H14O7/c1-2-3-4-5-7(13)9(10(16)17)12(20,11(18)19)6-8(14)15;1-14-6(10)4-9(13,8(12)16-3)5-7(11)15-2/h9,20H,2-6H2,1H3,(H,14,15)(H,16,17)(H,18,19);13H,4-5H2,1-3H3. The van der Waals surface area contributed by atoms with E-state index in [-0.39, 0.29) is 6.42 Å². The molecule has 2 unspecified atom stereocenters. The number of unbranched alkanes of at least 4 members (excludes halogenated alkanes) is 2. The van der Waals surface area contributed by atoms with Crippen LogP contribution in [0.15, 0.2) is 0 Å². The first-order valence-electron chi connectivity index (χ1n) is 10.4. The topological polar surface area (TPSA) is 248 Å². The van der Waals surface area contributed by atoms with Crippen molar-refractivity contribution in [3.8, 4) is 0 Å². The molecule has 0 aliphatic carbocycles. The van der Waals surface area contributed by atoms with Gasteiger partial charge in [0.2, 0.25) is 0 Å². The molecule has 0 aromatic carbocycles. The minimum absolute atomic E-state index is 0.222. The minimum atomic E-state index is -3.15. The Morgan fingerprint density at radius 1 is 0.750 bits per heavy atom. The zero-order chi connectivity index (χ0) is 28.7. The summed E-state index contributed by atoms with van der Waals surface area (Å²) in [6.07, 6.45) is -1.18. The van der Waals surface area contributed by atoms with Crippen molar-refractivity contribution >= 4 is 41.6 Å². The highest BCUT2D eigenvalue weighted by molar-refractivity contribution is 6.05. The number of rotatable bonds is 15. The van der Waals surface area contributed by atoms with Gasteiger partial charge in [0, 0.05) is 6.42 Å². The van der Waals surface area contributed by atoms with Gasteiger partial charge in [0.15, 0.2) is 22.9 Å². The first kappa shape index (κ1) is 34.6. The highest BCUT2D eigenvalue weighted by Crippen LogP contribution is 2.26. The summed E-state index contributed by atoms with van der Waals surface area (Å²) in [5.41, 5.74) is -5.41. The summed E-state index contributed by atoms with van der Waals surface area (Å²) < 4.78 is 12.9. The van der Waals surface area contributed by atoms with Crippen molar-refractivity contribution < 1.29 is 73.3 Å². The highest BCUT2D eigenvalue weighted by atomic mass is 16.6. The Bertz CT molecular complexity index is 800. The molecule has 2 atom stereocenters. The van der Waals surface area contributed by atoms with Crippen LogP contribution in [0.4, 0.5) is 0 Å². The van der Waals surface area contributed by atoms with Gasteiger partial charge in [-0.05, 0) is 6.42 Å². The predicted octanol–water partition coefficient (Wildman–Crippen LogP) is -0.856. The number of aliphatic hydroxyl groups is 2. The van der Waals surface area contributed by atoms with Gasteiger partial charge in [0.1, 0.15) is 0 Å². The van der Waals surface area contributed by atoms with Crippen LogP contribution in [0.25, 0.3) is 0 Å². The number of esters is 3. The van der Waals surface area contributed by atoms with Gasteiger partial charge in [-0.25, -0.2) is 9.59 Å². The lowest BCUT2D eigenvalue weighted by Crippen LogP contribution is -2.53. The number of ketones is 1. The molecule has 0 radical (unpaired) electrons. The summed E-state index contributed by atoms with van der Waals surface area (Å²) in [4.78, 5) is 77.7. The van der Waals surface area contributed by atoms with Crippen LogP contribution < -0.4 is 0 Å². The lowest BCUT2D eigenvalue weighted by molar-refractivity contribution is -0.181. The van der Waals surface area contributed by atoms with E-state index in [9.17, 15) is 43.8 Å². The number of Topliss-reactive ketones (excluding diaryl/α,β-unsaturated/α-hetero) is 1. The minimum Gasteiger partial charge on any atom is -0.481 e. The lowest BCUT2D eigenvalue weighted by atomic mass is 9.80. The summed E-state index contributed by atoms with van der Waals surface area (Å²) in [6, 6.07) is 0. The summed E-state index contributed by atoms with van der Waals surface area (Å²) in [5, 5.41) is 46.1. The molecule has 0 amide bonds. The molecule has 0 saturated heterocycles. The number of carboxylic acid groups (broad SMARTS) is 3. The largest absolute Gasteiger partial charge is 0.481 e. The molecule has 0 saturated carbocycles. The normalized spacial score (nSPS) is 13.1. The number of ether oxygens (including phenoxy) is 3. The quantitative estimate of drug-likeness (QED) is 0.0756. The Morgan fingerprint density at radius 3 is 1.53 bits per heavy atom. The average Bonchev–Trinajstić information content (AvgIpc) is 2.77. The van der Waals surface area contributed by atoms with Gasteiger partial charge in [0.25, 0.3) is 0 Å². The maximum absolute atomic E-state index is 11.8. The van der Waals surface area contributed by atoms with Gasteiger partial charge >= 0.3 is 35.8 Å². The van der Waals surface area contributed by atoms with E-state index in [1.165, 1.54) is 0 Å². The third-order valence-electron chi connectivity index (χ3n) is 4.76. The fourth-order valence-electron chi connectivity index (χ4n) is 2.85. The zero-order valence-corrected chi connectivity index (χ0v) is 20.3. The molecule has 0 aromatic heterocycles. The van der Waals surface area contributed by atoms with Crippen molar-refractivity contribution in [3.05, 3.63) is 0 Å². The van der Waals surface area contributed by atoms with Crippen molar-refractivity contribution in [3.63, 3.8) is 0 Å². The molecule has 0 bridgehead atoms. The Kier molecular flexibility index (Phi) is 15.5. The van der Waals surface area contributed by atoms with E-state index in [2.05, 4.69) is 14.2 Å². The van der Waals surface area contributed by atoms with E-state index in [0.717, 1.165) is 27.8 Å². The Morgan fingerprint density at radius 2 is 1.22 bits per heavy atom. The molecule has 0 aliphatic heterocycles. The Labute approximate surface area is 205 Å². The van der Waals surface area contributed by atoms with E-state index < -0.39 is 78.0 Å². The molecule has 0 fully saturated rings. The fraction of sp³-hybridized carbons (Fsp3) is 0.667. The monoisotopic (exact) mass is 524 g/mol. The van der Waals surface area contributed by atoms with E-state index in [1.807, 2.05) is 6.92 Å². The van der Waals surface area contributed by atoms with Crippen molar-refractivity contribution in [2.45, 2.75) is 63.1 Å². The molecular weight excluding hydrogens is 492 g/mol. The van der Waals surface area contributed by atoms with Gasteiger partial charge in [-0.3, -0.25) is 24.0 Å². The van der Waals surface area contributed by atoms with Crippen molar-refractivity contribution in [2.24, 2.45) is 5.92 Å². The van der Waals surface area contributed by atoms with Crippen LogP contribution in [-0.4, -0.2) is 99.7 Å². The van der Waals surface area contributed by atoms with Crippen LogP contribution in [0.3, 0.4) is 0 Å². The molecule has 0 rings (SSSR count). The van der Waals surface area contributed by atoms with Gasteiger partial charge in [-0.1, -0.05) is 19.8 Å². The van der Waals surface area contributed by atoms with Crippen LogP contribution >= 0.6 is 0 Å². The van der Waals surface area contributed by atoms with Crippen LogP contribution in [-0.2, 0) is 47.8 Å². The molecule has 206 valence electrons. The second-order valence-corrected chi connectivity index (χ2v) is 7.52.